The largest absolute Gasteiger partial charge is 0.490 e. The number of carboxylic acid groups (broad SMARTS) is 4. The van der Waals surface area contributed by atoms with Gasteiger partial charge in [0.15, 0.2) is 0 Å². The Kier molecular flexibility index (Phi) is 22.5. The van der Waals surface area contributed by atoms with E-state index >= 15 is 0 Å². The third-order valence-corrected chi connectivity index (χ3v) is 8.33. The fraction of sp³-hybridized carbons (Fsp3) is 0.436. The van der Waals surface area contributed by atoms with Crippen molar-refractivity contribution in [1.82, 2.24) is 31.9 Å². The normalized spacial score (nSPS) is 13.7. The van der Waals surface area contributed by atoms with E-state index in [4.69, 9.17) is 20.7 Å². The maximum absolute atomic E-state index is 13.4. The van der Waals surface area contributed by atoms with Gasteiger partial charge < -0.3 is 58.1 Å². The van der Waals surface area contributed by atoms with Crippen LogP contribution in [0.2, 0.25) is 0 Å². The zero-order valence-corrected chi connectivity index (χ0v) is 34.1. The standard InChI is InChI=1S/C37H49N7O12.C2HF3O2/c1-20(2)14-25(35(53)43-27(17-30(46)47)36(54)44-28(37(55)56)18-31(48)49)41-29(45)19-39-32(50)21(3)40-34(52)26(16-23-12-8-5-9-13-23)42-33(51)24(38)15-22-10-6-4-7-11-22;3-2(4,5)1(6)7/h4-13,20-21,24-28H,14-19,38H2,1-3H3,(H,39,50)(H,40,52)(H,41,45)(H,42,51)(H,43,53)(H,44,54)(H,46,47)(H,48,49)(H,55,56);(H,6,7)/t21-,24-,25-,26-,27-,28-;/m0./s1. The Hall–Kier alpha value is -7.11. The molecule has 346 valence electrons. The fourth-order valence-corrected chi connectivity index (χ4v) is 5.25. The van der Waals surface area contributed by atoms with Crippen molar-refractivity contribution in [2.24, 2.45) is 11.7 Å². The fourth-order valence-electron chi connectivity index (χ4n) is 5.25. The molecule has 0 aliphatic rings. The number of carbonyl (C=O) groups is 10. The Bertz CT molecular complexity index is 1920. The van der Waals surface area contributed by atoms with E-state index in [1.54, 1.807) is 56.3 Å². The first-order valence-corrected chi connectivity index (χ1v) is 18.9. The third kappa shape index (κ3) is 21.8. The molecule has 2 rings (SSSR count). The number of benzene rings is 2. The molecule has 0 saturated heterocycles. The van der Waals surface area contributed by atoms with E-state index in [1.807, 2.05) is 23.5 Å². The van der Waals surface area contributed by atoms with Gasteiger partial charge in [0.25, 0.3) is 0 Å². The lowest BCUT2D eigenvalue weighted by Gasteiger charge is -2.25. The first-order valence-electron chi connectivity index (χ1n) is 18.9. The van der Waals surface area contributed by atoms with E-state index in [1.165, 1.54) is 6.92 Å². The molecule has 0 aliphatic heterocycles. The van der Waals surface area contributed by atoms with Crippen molar-refractivity contribution < 1.29 is 81.5 Å². The summed E-state index contributed by atoms with van der Waals surface area (Å²) in [6.07, 6.45) is -6.84. The van der Waals surface area contributed by atoms with E-state index in [-0.39, 0.29) is 25.2 Å². The number of halogens is 3. The van der Waals surface area contributed by atoms with Crippen LogP contribution in [0.1, 0.15) is 51.2 Å². The van der Waals surface area contributed by atoms with Crippen LogP contribution in [0.5, 0.6) is 0 Å². The SMILES string of the molecule is CC(C)C[C@H](NC(=O)CNC(=O)[C@H](C)NC(=O)[C@H](Cc1ccccc1)NC(=O)[C@@H](N)Cc1ccccc1)C(=O)N[C@@H](CC(=O)O)C(=O)N[C@@H](CC(=O)O)C(=O)O.O=C(O)C(F)(F)F. The molecule has 24 heteroatoms. The summed E-state index contributed by atoms with van der Waals surface area (Å²) < 4.78 is 31.7. The zero-order chi connectivity index (χ0) is 48.0. The van der Waals surface area contributed by atoms with Crippen LogP contribution in [-0.2, 0) is 60.8 Å². The first-order chi connectivity index (χ1) is 29.3. The van der Waals surface area contributed by atoms with Gasteiger partial charge in [0.1, 0.15) is 30.2 Å². The second kappa shape index (κ2) is 26.3. The minimum absolute atomic E-state index is 0.0142. The molecule has 2 aromatic carbocycles. The quantitative estimate of drug-likeness (QED) is 0.0642. The van der Waals surface area contributed by atoms with Crippen LogP contribution in [0.25, 0.3) is 0 Å². The van der Waals surface area contributed by atoms with Crippen molar-refractivity contribution in [3.63, 3.8) is 0 Å². The highest BCUT2D eigenvalue weighted by Gasteiger charge is 2.38. The van der Waals surface area contributed by atoms with Gasteiger partial charge in [0.2, 0.25) is 35.4 Å². The molecule has 2 aromatic rings. The molecule has 21 nitrogen and oxygen atoms in total. The Morgan fingerprint density at radius 1 is 0.571 bits per heavy atom. The summed E-state index contributed by atoms with van der Waals surface area (Å²) >= 11 is 0. The van der Waals surface area contributed by atoms with Crippen molar-refractivity contribution in [2.45, 2.75) is 95.3 Å². The molecule has 0 heterocycles. The summed E-state index contributed by atoms with van der Waals surface area (Å²) in [6.45, 7) is 4.08. The minimum atomic E-state index is -5.08. The van der Waals surface area contributed by atoms with Crippen molar-refractivity contribution in [1.29, 1.82) is 0 Å². The summed E-state index contributed by atoms with van der Waals surface area (Å²) in [5.41, 5.74) is 7.67. The van der Waals surface area contributed by atoms with Crippen LogP contribution in [0.3, 0.4) is 0 Å². The average molecular weight is 898 g/mol. The smallest absolute Gasteiger partial charge is 0.481 e. The molecule has 63 heavy (non-hydrogen) atoms. The zero-order valence-electron chi connectivity index (χ0n) is 34.1. The average Bonchev–Trinajstić information content (AvgIpc) is 3.18. The number of alkyl halides is 3. The summed E-state index contributed by atoms with van der Waals surface area (Å²) in [4.78, 5) is 121. The predicted octanol–water partition coefficient (Wildman–Crippen LogP) is -0.927. The van der Waals surface area contributed by atoms with Crippen molar-refractivity contribution in [3.05, 3.63) is 71.8 Å². The highest BCUT2D eigenvalue weighted by atomic mass is 19.4. The van der Waals surface area contributed by atoms with Gasteiger partial charge in [-0.05, 0) is 36.8 Å². The number of rotatable bonds is 23. The molecular formula is C39H50F3N7O14. The number of nitrogens with one attached hydrogen (secondary N) is 6. The molecule has 6 atom stereocenters. The monoisotopic (exact) mass is 897 g/mol. The lowest BCUT2D eigenvalue weighted by Crippen LogP contribution is -2.58. The molecule has 0 spiro atoms. The number of hydrogen-bond donors (Lipinski definition) is 11. The number of amides is 6. The second-order valence-corrected chi connectivity index (χ2v) is 14.2. The number of nitrogens with two attached hydrogens (primary N) is 1. The first kappa shape index (κ1) is 53.9. The summed E-state index contributed by atoms with van der Waals surface area (Å²) in [5, 5.41) is 48.6. The van der Waals surface area contributed by atoms with Gasteiger partial charge in [-0.25, -0.2) is 9.59 Å². The molecule has 0 fully saturated rings. The van der Waals surface area contributed by atoms with Gasteiger partial charge in [-0.2, -0.15) is 13.2 Å². The summed E-state index contributed by atoms with van der Waals surface area (Å²) in [7, 11) is 0. The van der Waals surface area contributed by atoms with Gasteiger partial charge in [-0.3, -0.25) is 38.4 Å². The predicted molar refractivity (Wildman–Crippen MR) is 212 cm³/mol. The van der Waals surface area contributed by atoms with Crippen molar-refractivity contribution in [3.8, 4) is 0 Å². The Balaban J connectivity index is 0.00000260. The molecule has 0 unspecified atom stereocenters. The topological polar surface area (TPSA) is 350 Å². The number of carboxylic acids is 4. The molecule has 0 bridgehead atoms. The maximum Gasteiger partial charge on any atom is 0.490 e. The van der Waals surface area contributed by atoms with E-state index < -0.39 is 121 Å². The lowest BCUT2D eigenvalue weighted by atomic mass is 10.0. The summed E-state index contributed by atoms with van der Waals surface area (Å²) in [5.74, 6) is -13.1. The molecular weight excluding hydrogens is 847 g/mol. The number of hydrogen-bond acceptors (Lipinski definition) is 11. The Labute approximate surface area is 357 Å². The van der Waals surface area contributed by atoms with Crippen LogP contribution in [0, 0.1) is 5.92 Å². The molecule has 0 aliphatic carbocycles. The highest BCUT2D eigenvalue weighted by Crippen LogP contribution is 2.13. The second-order valence-electron chi connectivity index (χ2n) is 14.2. The minimum Gasteiger partial charge on any atom is -0.481 e. The Morgan fingerprint density at radius 3 is 1.46 bits per heavy atom. The molecule has 0 radical (unpaired) electrons. The molecule has 0 aromatic heterocycles. The van der Waals surface area contributed by atoms with Gasteiger partial charge in [0.05, 0.1) is 25.4 Å². The van der Waals surface area contributed by atoms with E-state index in [9.17, 15) is 66.5 Å². The van der Waals surface area contributed by atoms with Crippen LogP contribution in [0.15, 0.2) is 60.7 Å². The van der Waals surface area contributed by atoms with Gasteiger partial charge in [-0.1, -0.05) is 74.5 Å². The Morgan fingerprint density at radius 2 is 1.00 bits per heavy atom. The van der Waals surface area contributed by atoms with Gasteiger partial charge >= 0.3 is 30.1 Å². The highest BCUT2D eigenvalue weighted by molar-refractivity contribution is 5.97. The van der Waals surface area contributed by atoms with Gasteiger partial charge in [0, 0.05) is 6.42 Å². The molecule has 0 saturated carbocycles. The van der Waals surface area contributed by atoms with E-state index in [2.05, 4.69) is 26.6 Å². The number of carbonyl (C=O) groups excluding carboxylic acids is 6. The van der Waals surface area contributed by atoms with Crippen LogP contribution in [-0.4, -0.2) is 129 Å². The van der Waals surface area contributed by atoms with Crippen LogP contribution >= 0.6 is 0 Å². The maximum atomic E-state index is 13.4. The van der Waals surface area contributed by atoms with Crippen molar-refractivity contribution in [2.75, 3.05) is 6.54 Å². The lowest BCUT2D eigenvalue weighted by molar-refractivity contribution is -0.192. The molecule has 6 amide bonds. The van der Waals surface area contributed by atoms with E-state index in [0.717, 1.165) is 11.1 Å². The van der Waals surface area contributed by atoms with E-state index in [0.29, 0.717) is 0 Å². The number of aliphatic carboxylic acids is 4. The van der Waals surface area contributed by atoms with Gasteiger partial charge in [-0.15, -0.1) is 0 Å². The van der Waals surface area contributed by atoms with Crippen LogP contribution < -0.4 is 37.6 Å². The molecule has 12 N–H and O–H groups in total. The van der Waals surface area contributed by atoms with Crippen molar-refractivity contribution >= 4 is 59.3 Å². The summed E-state index contributed by atoms with van der Waals surface area (Å²) in [6, 6.07) is 9.46. The third-order valence-electron chi connectivity index (χ3n) is 8.33. The van der Waals surface area contributed by atoms with Crippen LogP contribution in [0.4, 0.5) is 13.2 Å².